The number of ether oxygens (including phenoxy) is 1. The number of aryl methyl sites for hydroxylation is 1. The van der Waals surface area contributed by atoms with E-state index in [9.17, 15) is 18.0 Å². The van der Waals surface area contributed by atoms with E-state index in [1.54, 1.807) is 30.0 Å². The highest BCUT2D eigenvalue weighted by molar-refractivity contribution is 7.99. The smallest absolute Gasteiger partial charge is 0.416 e. The van der Waals surface area contributed by atoms with Crippen molar-refractivity contribution in [1.29, 1.82) is 0 Å². The predicted molar refractivity (Wildman–Crippen MR) is 143 cm³/mol. The van der Waals surface area contributed by atoms with Gasteiger partial charge in [-0.3, -0.25) is 4.79 Å². The predicted octanol–water partition coefficient (Wildman–Crippen LogP) is 8.77. The fraction of sp³-hybridized carbons (Fsp3) is 0.167. The Labute approximate surface area is 218 Å². The van der Waals surface area contributed by atoms with Crippen LogP contribution in [-0.2, 0) is 17.4 Å². The number of carbonyl (C=O) groups is 1. The van der Waals surface area contributed by atoms with Gasteiger partial charge in [0.2, 0.25) is 5.91 Å². The number of rotatable bonds is 8. The highest BCUT2D eigenvalue weighted by Gasteiger charge is 2.30. The van der Waals surface area contributed by atoms with Gasteiger partial charge in [-0.1, -0.05) is 55.0 Å². The van der Waals surface area contributed by atoms with Crippen LogP contribution in [0.5, 0.6) is 11.5 Å². The summed E-state index contributed by atoms with van der Waals surface area (Å²) in [6.45, 7) is 4.04. The Morgan fingerprint density at radius 3 is 2.38 bits per heavy atom. The van der Waals surface area contributed by atoms with Crippen LogP contribution in [-0.4, -0.2) is 11.7 Å². The van der Waals surface area contributed by atoms with Crippen molar-refractivity contribution in [3.8, 4) is 22.6 Å². The van der Waals surface area contributed by atoms with Gasteiger partial charge < -0.3 is 10.1 Å². The van der Waals surface area contributed by atoms with Crippen LogP contribution >= 0.6 is 11.8 Å². The molecule has 0 aliphatic carbocycles. The van der Waals surface area contributed by atoms with E-state index in [1.807, 2.05) is 55.5 Å². The minimum Gasteiger partial charge on any atom is -0.457 e. The van der Waals surface area contributed by atoms with E-state index in [0.717, 1.165) is 39.5 Å². The highest BCUT2D eigenvalue weighted by Crippen LogP contribution is 2.38. The average molecular weight is 522 g/mol. The summed E-state index contributed by atoms with van der Waals surface area (Å²) in [5.74, 6) is 1.16. The quantitative estimate of drug-likeness (QED) is 0.236. The Bertz CT molecular complexity index is 1380. The first-order valence-corrected chi connectivity index (χ1v) is 12.8. The minimum absolute atomic E-state index is 0.0530. The Morgan fingerprint density at radius 2 is 1.68 bits per heavy atom. The third-order valence-electron chi connectivity index (χ3n) is 5.58. The van der Waals surface area contributed by atoms with Crippen molar-refractivity contribution in [2.24, 2.45) is 0 Å². The molecule has 0 saturated carbocycles. The summed E-state index contributed by atoms with van der Waals surface area (Å²) < 4.78 is 45.7. The van der Waals surface area contributed by atoms with Crippen molar-refractivity contribution in [2.75, 3.05) is 11.1 Å². The van der Waals surface area contributed by atoms with Gasteiger partial charge >= 0.3 is 6.18 Å². The fourth-order valence-corrected chi connectivity index (χ4v) is 4.52. The van der Waals surface area contributed by atoms with Crippen molar-refractivity contribution < 1.29 is 22.7 Å². The van der Waals surface area contributed by atoms with Crippen LogP contribution in [0, 0.1) is 6.92 Å². The number of thioether (sulfide) groups is 1. The van der Waals surface area contributed by atoms with E-state index in [-0.39, 0.29) is 18.1 Å². The molecular formula is C30H26F3NO2S. The standard InChI is InChI=1S/C30H26F3NO2S/c1-3-37-26-13-10-21(11-14-26)17-29(35)34-24-12-15-27(22-7-4-6-20(2)16-22)28(19-24)36-25-9-5-8-23(18-25)30(31,32)33/h4-16,18-19H,3,17H2,1-2H3,(H,34,35). The SMILES string of the molecule is CCSc1ccc(CC(=O)Nc2ccc(-c3cccc(C)c3)c(Oc3cccc(C(F)(F)F)c3)c2)cc1. The summed E-state index contributed by atoms with van der Waals surface area (Å²) in [4.78, 5) is 13.9. The number of halogens is 3. The molecule has 1 amide bonds. The second kappa shape index (κ2) is 11.6. The fourth-order valence-electron chi connectivity index (χ4n) is 3.86. The molecule has 0 bridgehead atoms. The summed E-state index contributed by atoms with van der Waals surface area (Å²) in [5, 5.41) is 2.88. The van der Waals surface area contributed by atoms with Gasteiger partial charge in [0.25, 0.3) is 0 Å². The first kappa shape index (κ1) is 26.4. The molecule has 4 rings (SSSR count). The van der Waals surface area contributed by atoms with Crippen LogP contribution in [0.4, 0.5) is 18.9 Å². The van der Waals surface area contributed by atoms with Gasteiger partial charge in [0.15, 0.2) is 0 Å². The zero-order chi connectivity index (χ0) is 26.4. The van der Waals surface area contributed by atoms with Crippen molar-refractivity contribution in [3.05, 3.63) is 108 Å². The van der Waals surface area contributed by atoms with Crippen molar-refractivity contribution in [3.63, 3.8) is 0 Å². The van der Waals surface area contributed by atoms with Gasteiger partial charge in [0.1, 0.15) is 11.5 Å². The number of benzene rings is 4. The molecule has 0 fully saturated rings. The van der Waals surface area contributed by atoms with E-state index in [2.05, 4.69) is 12.2 Å². The molecule has 190 valence electrons. The third-order valence-corrected chi connectivity index (χ3v) is 6.48. The lowest BCUT2D eigenvalue weighted by molar-refractivity contribution is -0.137. The first-order chi connectivity index (χ1) is 17.7. The van der Waals surface area contributed by atoms with Crippen LogP contribution < -0.4 is 10.1 Å². The molecule has 3 nitrogen and oxygen atoms in total. The molecular weight excluding hydrogens is 495 g/mol. The zero-order valence-electron chi connectivity index (χ0n) is 20.4. The Morgan fingerprint density at radius 1 is 0.919 bits per heavy atom. The van der Waals surface area contributed by atoms with Gasteiger partial charge in [-0.15, -0.1) is 11.8 Å². The molecule has 0 unspecified atom stereocenters. The van der Waals surface area contributed by atoms with Gasteiger partial charge in [0.05, 0.1) is 12.0 Å². The molecule has 37 heavy (non-hydrogen) atoms. The first-order valence-electron chi connectivity index (χ1n) is 11.8. The normalized spacial score (nSPS) is 11.3. The molecule has 4 aromatic carbocycles. The maximum atomic E-state index is 13.2. The van der Waals surface area contributed by atoms with E-state index in [1.165, 1.54) is 12.1 Å². The Hall–Kier alpha value is -3.71. The van der Waals surface area contributed by atoms with Crippen LogP contribution in [0.1, 0.15) is 23.6 Å². The molecule has 0 aliphatic heterocycles. The zero-order valence-corrected chi connectivity index (χ0v) is 21.2. The second-order valence-electron chi connectivity index (χ2n) is 8.51. The number of carbonyl (C=O) groups excluding carboxylic acids is 1. The Balaban J connectivity index is 1.60. The number of hydrogen-bond donors (Lipinski definition) is 1. The molecule has 7 heteroatoms. The molecule has 0 spiro atoms. The summed E-state index contributed by atoms with van der Waals surface area (Å²) in [6.07, 6.45) is -4.29. The summed E-state index contributed by atoms with van der Waals surface area (Å²) in [6, 6.07) is 25.5. The molecule has 0 aromatic heterocycles. The number of nitrogens with one attached hydrogen (secondary N) is 1. The van der Waals surface area contributed by atoms with Crippen molar-refractivity contribution in [1.82, 2.24) is 0 Å². The Kier molecular flexibility index (Phi) is 8.24. The summed E-state index contributed by atoms with van der Waals surface area (Å²) in [7, 11) is 0. The van der Waals surface area contributed by atoms with Gasteiger partial charge in [-0.25, -0.2) is 0 Å². The molecule has 0 heterocycles. The molecule has 1 N–H and O–H groups in total. The van der Waals surface area contributed by atoms with Gasteiger partial charge in [-0.05, 0) is 66.3 Å². The number of anilines is 1. The summed E-state index contributed by atoms with van der Waals surface area (Å²) >= 11 is 1.73. The van der Waals surface area contributed by atoms with E-state index >= 15 is 0 Å². The molecule has 4 aromatic rings. The number of hydrogen-bond acceptors (Lipinski definition) is 3. The second-order valence-corrected chi connectivity index (χ2v) is 9.85. The molecule has 0 saturated heterocycles. The van der Waals surface area contributed by atoms with Crippen molar-refractivity contribution >= 4 is 23.4 Å². The topological polar surface area (TPSA) is 38.3 Å². The third kappa shape index (κ3) is 7.17. The van der Waals surface area contributed by atoms with Crippen LogP contribution in [0.2, 0.25) is 0 Å². The monoisotopic (exact) mass is 521 g/mol. The lowest BCUT2D eigenvalue weighted by Crippen LogP contribution is -2.14. The number of amides is 1. The lowest BCUT2D eigenvalue weighted by atomic mass is 10.0. The molecule has 0 radical (unpaired) electrons. The largest absolute Gasteiger partial charge is 0.457 e. The van der Waals surface area contributed by atoms with E-state index in [4.69, 9.17) is 4.74 Å². The maximum Gasteiger partial charge on any atom is 0.416 e. The van der Waals surface area contributed by atoms with E-state index in [0.29, 0.717) is 17.0 Å². The summed E-state index contributed by atoms with van der Waals surface area (Å²) in [5.41, 5.74) is 3.16. The minimum atomic E-state index is -4.48. The molecule has 0 aliphatic rings. The number of alkyl halides is 3. The van der Waals surface area contributed by atoms with Crippen LogP contribution in [0.3, 0.4) is 0 Å². The highest BCUT2D eigenvalue weighted by atomic mass is 32.2. The van der Waals surface area contributed by atoms with Crippen LogP contribution in [0.15, 0.2) is 95.9 Å². The van der Waals surface area contributed by atoms with Gasteiger partial charge in [0, 0.05) is 22.2 Å². The molecule has 0 atom stereocenters. The maximum absolute atomic E-state index is 13.2. The van der Waals surface area contributed by atoms with E-state index < -0.39 is 11.7 Å². The average Bonchev–Trinajstić information content (AvgIpc) is 2.85. The lowest BCUT2D eigenvalue weighted by Gasteiger charge is -2.15. The van der Waals surface area contributed by atoms with Gasteiger partial charge in [-0.2, -0.15) is 13.2 Å². The van der Waals surface area contributed by atoms with Crippen LogP contribution in [0.25, 0.3) is 11.1 Å². The van der Waals surface area contributed by atoms with Crippen molar-refractivity contribution in [2.45, 2.75) is 31.3 Å².